The number of pyridine rings is 1. The normalized spacial score (nSPS) is 12.5. The van der Waals surface area contributed by atoms with Crippen LogP contribution in [0.2, 0.25) is 0 Å². The minimum absolute atomic E-state index is 0.589. The molecule has 0 aromatic carbocycles. The summed E-state index contributed by atoms with van der Waals surface area (Å²) in [6.45, 7) is 0. The van der Waals surface area contributed by atoms with Gasteiger partial charge in [-0.05, 0) is 31.9 Å². The summed E-state index contributed by atoms with van der Waals surface area (Å²) in [5.41, 5.74) is 5.67. The summed E-state index contributed by atoms with van der Waals surface area (Å²) in [5.74, 6) is -0.589. The monoisotopic (exact) mass is 326 g/mol. The molecule has 0 saturated carbocycles. The Kier molecular flexibility index (Phi) is 3.70. The molecule has 1 rings (SSSR count). The Balaban J connectivity index is 3.20. The van der Waals surface area contributed by atoms with E-state index < -0.39 is 11.3 Å². The van der Waals surface area contributed by atoms with Gasteiger partial charge in [-0.25, -0.2) is 0 Å². The number of nitrogens with zero attached hydrogens (tertiary/aromatic N) is 1. The standard InChI is InChI=1S/C7H5Br2ClN2O/c8-3-1-12-2-4(9)5(3)6(10)7(11)13/h1-2,6H,(H2,11,13). The van der Waals surface area contributed by atoms with Crippen molar-refractivity contribution in [1.29, 1.82) is 0 Å². The summed E-state index contributed by atoms with van der Waals surface area (Å²) in [6, 6.07) is 0. The Morgan fingerprint density at radius 3 is 2.31 bits per heavy atom. The first-order valence-electron chi connectivity index (χ1n) is 3.26. The van der Waals surface area contributed by atoms with Crippen molar-refractivity contribution in [1.82, 2.24) is 4.98 Å². The largest absolute Gasteiger partial charge is 0.368 e. The number of rotatable bonds is 2. The van der Waals surface area contributed by atoms with Crippen molar-refractivity contribution < 1.29 is 4.79 Å². The van der Waals surface area contributed by atoms with E-state index in [9.17, 15) is 4.79 Å². The van der Waals surface area contributed by atoms with Crippen LogP contribution in [0.5, 0.6) is 0 Å². The molecule has 0 aliphatic carbocycles. The van der Waals surface area contributed by atoms with E-state index in [0.29, 0.717) is 14.5 Å². The van der Waals surface area contributed by atoms with Crippen LogP contribution in [-0.2, 0) is 4.79 Å². The predicted octanol–water partition coefficient (Wildman–Crippen LogP) is 2.37. The molecule has 13 heavy (non-hydrogen) atoms. The molecule has 70 valence electrons. The van der Waals surface area contributed by atoms with Gasteiger partial charge in [0.1, 0.15) is 5.38 Å². The molecule has 0 radical (unpaired) electrons. The van der Waals surface area contributed by atoms with Gasteiger partial charge in [-0.3, -0.25) is 9.78 Å². The van der Waals surface area contributed by atoms with Crippen molar-refractivity contribution in [2.45, 2.75) is 5.38 Å². The van der Waals surface area contributed by atoms with Crippen molar-refractivity contribution >= 4 is 49.4 Å². The predicted molar refractivity (Wildman–Crippen MR) is 57.4 cm³/mol. The summed E-state index contributed by atoms with van der Waals surface area (Å²) in [4.78, 5) is 14.7. The Bertz CT molecular complexity index is 325. The highest BCUT2D eigenvalue weighted by atomic mass is 79.9. The zero-order valence-electron chi connectivity index (χ0n) is 6.30. The van der Waals surface area contributed by atoms with Crippen molar-refractivity contribution in [3.05, 3.63) is 26.9 Å². The number of carbonyl (C=O) groups is 1. The van der Waals surface area contributed by atoms with Gasteiger partial charge in [-0.15, -0.1) is 11.6 Å². The van der Waals surface area contributed by atoms with Crippen LogP contribution in [0.25, 0.3) is 0 Å². The molecule has 2 N–H and O–H groups in total. The highest BCUT2D eigenvalue weighted by Crippen LogP contribution is 2.33. The van der Waals surface area contributed by atoms with Crippen molar-refractivity contribution in [3.63, 3.8) is 0 Å². The van der Waals surface area contributed by atoms with Crippen LogP contribution < -0.4 is 5.73 Å². The molecule has 1 aromatic rings. The van der Waals surface area contributed by atoms with Gasteiger partial charge in [0.2, 0.25) is 5.91 Å². The summed E-state index contributed by atoms with van der Waals surface area (Å²) >= 11 is 12.3. The van der Waals surface area contributed by atoms with Crippen LogP contribution in [0.15, 0.2) is 21.3 Å². The van der Waals surface area contributed by atoms with Crippen molar-refractivity contribution in [2.24, 2.45) is 5.73 Å². The number of primary amides is 1. The Morgan fingerprint density at radius 2 is 1.92 bits per heavy atom. The number of carbonyl (C=O) groups excluding carboxylic acids is 1. The third-order valence-electron chi connectivity index (χ3n) is 1.39. The number of alkyl halides is 1. The number of aromatic nitrogens is 1. The van der Waals surface area contributed by atoms with E-state index in [1.807, 2.05) is 0 Å². The zero-order valence-corrected chi connectivity index (χ0v) is 10.2. The number of hydrogen-bond acceptors (Lipinski definition) is 2. The second-order valence-corrected chi connectivity index (χ2v) is 4.43. The van der Waals surface area contributed by atoms with Crippen LogP contribution in [0.1, 0.15) is 10.9 Å². The SMILES string of the molecule is NC(=O)C(Cl)c1c(Br)cncc1Br. The lowest BCUT2D eigenvalue weighted by Crippen LogP contribution is -2.17. The molecule has 0 aliphatic heterocycles. The first-order chi connectivity index (χ1) is 6.04. The van der Waals surface area contributed by atoms with Gasteiger partial charge < -0.3 is 5.73 Å². The molecule has 1 heterocycles. The van der Waals surface area contributed by atoms with E-state index in [1.165, 1.54) is 0 Å². The number of nitrogens with two attached hydrogens (primary N) is 1. The average molecular weight is 328 g/mol. The van der Waals surface area contributed by atoms with Crippen LogP contribution in [0, 0.1) is 0 Å². The second-order valence-electron chi connectivity index (χ2n) is 2.28. The maximum absolute atomic E-state index is 10.8. The zero-order chi connectivity index (χ0) is 10.0. The molecule has 3 nitrogen and oxygen atoms in total. The Labute approximate surface area is 96.9 Å². The number of amides is 1. The third-order valence-corrected chi connectivity index (χ3v) is 3.09. The molecule has 0 saturated heterocycles. The van der Waals surface area contributed by atoms with E-state index in [4.69, 9.17) is 17.3 Å². The van der Waals surface area contributed by atoms with Crippen LogP contribution in [0.3, 0.4) is 0 Å². The lowest BCUT2D eigenvalue weighted by molar-refractivity contribution is -0.117. The molecule has 1 aromatic heterocycles. The van der Waals surface area contributed by atoms with Gasteiger partial charge in [0.05, 0.1) is 0 Å². The minimum Gasteiger partial charge on any atom is -0.368 e. The molecule has 1 amide bonds. The first-order valence-corrected chi connectivity index (χ1v) is 5.28. The van der Waals surface area contributed by atoms with Gasteiger partial charge in [0, 0.05) is 26.9 Å². The maximum Gasteiger partial charge on any atom is 0.240 e. The fourth-order valence-corrected chi connectivity index (χ4v) is 2.69. The van der Waals surface area contributed by atoms with E-state index in [0.717, 1.165) is 0 Å². The Hall–Kier alpha value is -0.130. The smallest absolute Gasteiger partial charge is 0.240 e. The summed E-state index contributed by atoms with van der Waals surface area (Å²) < 4.78 is 1.31. The second kappa shape index (κ2) is 4.39. The molecule has 1 atom stereocenters. The van der Waals surface area contributed by atoms with Crippen molar-refractivity contribution in [2.75, 3.05) is 0 Å². The van der Waals surface area contributed by atoms with Gasteiger partial charge >= 0.3 is 0 Å². The summed E-state index contributed by atoms with van der Waals surface area (Å²) in [7, 11) is 0. The van der Waals surface area contributed by atoms with Gasteiger partial charge in [-0.1, -0.05) is 0 Å². The molecule has 6 heteroatoms. The highest BCUT2D eigenvalue weighted by Gasteiger charge is 2.20. The van der Waals surface area contributed by atoms with Crippen LogP contribution in [0.4, 0.5) is 0 Å². The van der Waals surface area contributed by atoms with E-state index in [2.05, 4.69) is 36.8 Å². The Morgan fingerprint density at radius 1 is 1.46 bits per heavy atom. The quantitative estimate of drug-likeness (QED) is 0.848. The minimum atomic E-state index is -0.855. The van der Waals surface area contributed by atoms with E-state index >= 15 is 0 Å². The van der Waals surface area contributed by atoms with Crippen molar-refractivity contribution in [3.8, 4) is 0 Å². The van der Waals surface area contributed by atoms with Gasteiger partial charge in [-0.2, -0.15) is 0 Å². The number of halogens is 3. The van der Waals surface area contributed by atoms with E-state index in [1.54, 1.807) is 12.4 Å². The lowest BCUT2D eigenvalue weighted by Gasteiger charge is -2.09. The summed E-state index contributed by atoms with van der Waals surface area (Å²) in [5, 5.41) is -0.855. The number of hydrogen-bond donors (Lipinski definition) is 1. The summed E-state index contributed by atoms with van der Waals surface area (Å²) in [6.07, 6.45) is 3.11. The molecular formula is C7H5Br2ClN2O. The van der Waals surface area contributed by atoms with Crippen LogP contribution >= 0.6 is 43.5 Å². The van der Waals surface area contributed by atoms with Crippen LogP contribution in [-0.4, -0.2) is 10.9 Å². The molecule has 0 aliphatic rings. The maximum atomic E-state index is 10.8. The highest BCUT2D eigenvalue weighted by molar-refractivity contribution is 9.11. The van der Waals surface area contributed by atoms with Gasteiger partial charge in [0.15, 0.2) is 0 Å². The van der Waals surface area contributed by atoms with Gasteiger partial charge in [0.25, 0.3) is 0 Å². The third kappa shape index (κ3) is 2.42. The molecule has 0 fully saturated rings. The van der Waals surface area contributed by atoms with E-state index in [-0.39, 0.29) is 0 Å². The lowest BCUT2D eigenvalue weighted by atomic mass is 10.2. The topological polar surface area (TPSA) is 56.0 Å². The molecule has 1 unspecified atom stereocenters. The average Bonchev–Trinajstić information content (AvgIpc) is 2.03. The molecule has 0 bridgehead atoms. The fraction of sp³-hybridized carbons (Fsp3) is 0.143. The fourth-order valence-electron chi connectivity index (χ4n) is 0.806. The molecule has 0 spiro atoms. The molecular weight excluding hydrogens is 323 g/mol. The first kappa shape index (κ1) is 10.9.